The molecule has 1 saturated heterocycles. The minimum absolute atomic E-state index is 0. The molecule has 0 bridgehead atoms. The summed E-state index contributed by atoms with van der Waals surface area (Å²) in [5, 5.41) is 0. The molecule has 66 valence electrons. The fourth-order valence-electron chi connectivity index (χ4n) is 1.87. The Morgan fingerprint density at radius 3 is 2.45 bits per heavy atom. The second kappa shape index (κ2) is 3.30. The first-order valence-corrected chi connectivity index (χ1v) is 4.01. The summed E-state index contributed by atoms with van der Waals surface area (Å²) in [5.41, 5.74) is 0.265. The molecule has 0 aromatic heterocycles. The van der Waals surface area contributed by atoms with Crippen LogP contribution in [0.25, 0.3) is 0 Å². The molecule has 1 aliphatic carbocycles. The molecule has 1 saturated carbocycles. The van der Waals surface area contributed by atoms with Gasteiger partial charge in [0.2, 0.25) is 0 Å². The zero-order valence-corrected chi connectivity index (χ0v) is 7.65. The van der Waals surface area contributed by atoms with Crippen LogP contribution in [0.15, 0.2) is 0 Å². The van der Waals surface area contributed by atoms with E-state index in [0.717, 1.165) is 13.0 Å². The summed E-state index contributed by atoms with van der Waals surface area (Å²) >= 11 is 0. The number of hydrogen-bond donors (Lipinski definition) is 0. The van der Waals surface area contributed by atoms with Crippen LogP contribution < -0.4 is 0 Å². The maximum atomic E-state index is 5.65. The van der Waals surface area contributed by atoms with Gasteiger partial charge in [0.1, 0.15) is 0 Å². The molecule has 0 N–H and O–H groups in total. The average molecular weight is 179 g/mol. The zero-order valence-electron chi connectivity index (χ0n) is 6.84. The number of methoxy groups -OCH3 is 1. The average Bonchev–Trinajstić information content (AvgIpc) is 2.29. The Morgan fingerprint density at radius 2 is 2.18 bits per heavy atom. The van der Waals surface area contributed by atoms with Crippen LogP contribution >= 0.6 is 12.4 Å². The summed E-state index contributed by atoms with van der Waals surface area (Å²) in [6, 6.07) is 0. The number of hydrogen-bond acceptors (Lipinski definition) is 2. The summed E-state index contributed by atoms with van der Waals surface area (Å²) in [4.78, 5) is 0. The molecular formula is C8H15ClO2. The maximum absolute atomic E-state index is 5.65. The molecule has 11 heavy (non-hydrogen) atoms. The van der Waals surface area contributed by atoms with Crippen LogP contribution in [0.2, 0.25) is 0 Å². The summed E-state index contributed by atoms with van der Waals surface area (Å²) in [6.45, 7) is 0.816. The lowest BCUT2D eigenvalue weighted by molar-refractivity contribution is -0.0572. The van der Waals surface area contributed by atoms with Crippen LogP contribution in [0.3, 0.4) is 0 Å². The van der Waals surface area contributed by atoms with Crippen LogP contribution in [0.1, 0.15) is 25.7 Å². The molecule has 0 aromatic rings. The first-order valence-electron chi connectivity index (χ1n) is 4.01. The molecule has 2 rings (SSSR count). The first kappa shape index (κ1) is 9.30. The molecule has 1 aliphatic heterocycles. The normalized spacial score (nSPS) is 33.0. The molecule has 2 nitrogen and oxygen atoms in total. The summed E-state index contributed by atoms with van der Waals surface area (Å²) in [6.07, 6.45) is 5.36. The summed E-state index contributed by atoms with van der Waals surface area (Å²) in [7, 11) is 1.77. The third-order valence-corrected chi connectivity index (χ3v) is 2.77. The molecule has 1 atom stereocenters. The standard InChI is InChI=1S/C8H14O2.ClH/c1-9-7-5-8(10-6-7)3-2-4-8;/h7H,2-6H2,1H3;1H/t7-;/m1./s1. The van der Waals surface area contributed by atoms with E-state index >= 15 is 0 Å². The van der Waals surface area contributed by atoms with Crippen LogP contribution in [-0.2, 0) is 9.47 Å². The lowest BCUT2D eigenvalue weighted by Crippen LogP contribution is -2.36. The van der Waals surface area contributed by atoms with Gasteiger partial charge in [-0.2, -0.15) is 0 Å². The van der Waals surface area contributed by atoms with Crippen molar-refractivity contribution in [2.24, 2.45) is 0 Å². The van der Waals surface area contributed by atoms with E-state index in [4.69, 9.17) is 9.47 Å². The molecule has 2 fully saturated rings. The third kappa shape index (κ3) is 1.53. The van der Waals surface area contributed by atoms with E-state index in [-0.39, 0.29) is 18.0 Å². The van der Waals surface area contributed by atoms with Crippen LogP contribution in [0.5, 0.6) is 0 Å². The zero-order chi connectivity index (χ0) is 7.03. The highest BCUT2D eigenvalue weighted by Crippen LogP contribution is 2.43. The van der Waals surface area contributed by atoms with E-state index in [1.807, 2.05) is 0 Å². The van der Waals surface area contributed by atoms with E-state index in [9.17, 15) is 0 Å². The van der Waals surface area contributed by atoms with Crippen molar-refractivity contribution >= 4 is 12.4 Å². The van der Waals surface area contributed by atoms with Gasteiger partial charge in [0.05, 0.1) is 18.3 Å². The van der Waals surface area contributed by atoms with Gasteiger partial charge in [0, 0.05) is 13.5 Å². The highest BCUT2D eigenvalue weighted by atomic mass is 35.5. The van der Waals surface area contributed by atoms with Gasteiger partial charge in [0.15, 0.2) is 0 Å². The Labute approximate surface area is 73.7 Å². The van der Waals surface area contributed by atoms with Gasteiger partial charge in [-0.05, 0) is 19.3 Å². The Morgan fingerprint density at radius 1 is 1.45 bits per heavy atom. The molecule has 0 amide bonds. The highest BCUT2D eigenvalue weighted by Gasteiger charge is 2.44. The number of ether oxygens (including phenoxy) is 2. The fourth-order valence-corrected chi connectivity index (χ4v) is 1.87. The van der Waals surface area contributed by atoms with Gasteiger partial charge >= 0.3 is 0 Å². The predicted molar refractivity (Wildman–Crippen MR) is 45.2 cm³/mol. The van der Waals surface area contributed by atoms with Crippen molar-refractivity contribution < 1.29 is 9.47 Å². The topological polar surface area (TPSA) is 18.5 Å². The maximum Gasteiger partial charge on any atom is 0.0832 e. The van der Waals surface area contributed by atoms with Crippen molar-refractivity contribution in [2.75, 3.05) is 13.7 Å². The number of halogens is 1. The van der Waals surface area contributed by atoms with Crippen molar-refractivity contribution in [3.8, 4) is 0 Å². The van der Waals surface area contributed by atoms with Gasteiger partial charge in [-0.25, -0.2) is 0 Å². The Bertz CT molecular complexity index is 134. The van der Waals surface area contributed by atoms with Crippen molar-refractivity contribution in [3.63, 3.8) is 0 Å². The van der Waals surface area contributed by atoms with Gasteiger partial charge in [-0.3, -0.25) is 0 Å². The van der Waals surface area contributed by atoms with E-state index in [1.165, 1.54) is 19.3 Å². The van der Waals surface area contributed by atoms with Gasteiger partial charge in [-0.15, -0.1) is 12.4 Å². The van der Waals surface area contributed by atoms with Gasteiger partial charge in [-0.1, -0.05) is 0 Å². The van der Waals surface area contributed by atoms with E-state index in [1.54, 1.807) is 7.11 Å². The van der Waals surface area contributed by atoms with E-state index in [2.05, 4.69) is 0 Å². The van der Waals surface area contributed by atoms with Crippen molar-refractivity contribution in [2.45, 2.75) is 37.4 Å². The smallest absolute Gasteiger partial charge is 0.0832 e. The van der Waals surface area contributed by atoms with Crippen molar-refractivity contribution in [3.05, 3.63) is 0 Å². The molecule has 3 heteroatoms. The lowest BCUT2D eigenvalue weighted by Gasteiger charge is -2.36. The summed E-state index contributed by atoms with van der Waals surface area (Å²) in [5.74, 6) is 0. The molecule has 1 spiro atoms. The third-order valence-electron chi connectivity index (χ3n) is 2.77. The minimum atomic E-state index is 0. The van der Waals surface area contributed by atoms with Crippen molar-refractivity contribution in [1.29, 1.82) is 0 Å². The Balaban J connectivity index is 0.000000605. The SMILES string of the molecule is CO[C@H]1COC2(CCC2)C1.Cl. The minimum Gasteiger partial charge on any atom is -0.379 e. The fraction of sp³-hybridized carbons (Fsp3) is 1.00. The molecular weight excluding hydrogens is 164 g/mol. The lowest BCUT2D eigenvalue weighted by atomic mass is 9.78. The second-order valence-electron chi connectivity index (χ2n) is 3.41. The van der Waals surface area contributed by atoms with Gasteiger partial charge in [0.25, 0.3) is 0 Å². The molecule has 0 unspecified atom stereocenters. The summed E-state index contributed by atoms with van der Waals surface area (Å²) < 4.78 is 10.9. The van der Waals surface area contributed by atoms with E-state index < -0.39 is 0 Å². The molecule has 1 heterocycles. The van der Waals surface area contributed by atoms with Crippen LogP contribution in [0, 0.1) is 0 Å². The van der Waals surface area contributed by atoms with Gasteiger partial charge < -0.3 is 9.47 Å². The number of rotatable bonds is 1. The van der Waals surface area contributed by atoms with E-state index in [0.29, 0.717) is 6.10 Å². The first-order chi connectivity index (χ1) is 4.85. The van der Waals surface area contributed by atoms with Crippen LogP contribution in [-0.4, -0.2) is 25.4 Å². The highest BCUT2D eigenvalue weighted by molar-refractivity contribution is 5.85. The second-order valence-corrected chi connectivity index (χ2v) is 3.41. The van der Waals surface area contributed by atoms with Crippen molar-refractivity contribution in [1.82, 2.24) is 0 Å². The Kier molecular flexibility index (Phi) is 2.79. The Hall–Kier alpha value is 0.210. The molecule has 2 aliphatic rings. The molecule has 0 aromatic carbocycles. The van der Waals surface area contributed by atoms with Crippen LogP contribution in [0.4, 0.5) is 0 Å². The predicted octanol–water partition coefficient (Wildman–Crippen LogP) is 1.77. The molecule has 0 radical (unpaired) electrons. The quantitative estimate of drug-likeness (QED) is 0.610. The largest absolute Gasteiger partial charge is 0.379 e. The monoisotopic (exact) mass is 178 g/mol.